The van der Waals surface area contributed by atoms with Crippen LogP contribution in [0.5, 0.6) is 11.5 Å². The summed E-state index contributed by atoms with van der Waals surface area (Å²) >= 11 is 0. The van der Waals surface area contributed by atoms with E-state index in [4.69, 9.17) is 4.74 Å². The fourth-order valence-corrected chi connectivity index (χ4v) is 3.03. The minimum absolute atomic E-state index is 0.00885. The number of halogens is 2. The number of carbonyl (C=O) groups is 2. The van der Waals surface area contributed by atoms with Crippen LogP contribution < -0.4 is 20.1 Å². The minimum atomic E-state index is -2.97. The molecular formula is C19H27F2N3O4. The van der Waals surface area contributed by atoms with E-state index in [0.29, 0.717) is 18.7 Å². The quantitative estimate of drug-likeness (QED) is 0.664. The normalized spacial score (nSPS) is 15.3. The van der Waals surface area contributed by atoms with Crippen LogP contribution >= 0.6 is 0 Å². The van der Waals surface area contributed by atoms with E-state index in [1.54, 1.807) is 0 Å². The summed E-state index contributed by atoms with van der Waals surface area (Å²) in [4.78, 5) is 26.3. The fraction of sp³-hybridized carbons (Fsp3) is 0.579. The van der Waals surface area contributed by atoms with Gasteiger partial charge in [-0.15, -0.1) is 0 Å². The second-order valence-electron chi connectivity index (χ2n) is 6.62. The van der Waals surface area contributed by atoms with E-state index in [9.17, 15) is 18.4 Å². The van der Waals surface area contributed by atoms with Crippen LogP contribution in [0.2, 0.25) is 0 Å². The predicted octanol–water partition coefficient (Wildman–Crippen LogP) is 2.02. The topological polar surface area (TPSA) is 79.9 Å². The zero-order valence-electron chi connectivity index (χ0n) is 16.2. The molecule has 7 nitrogen and oxygen atoms in total. The molecule has 2 amide bonds. The van der Waals surface area contributed by atoms with Gasteiger partial charge in [-0.2, -0.15) is 8.78 Å². The number of alkyl halides is 2. The Morgan fingerprint density at radius 3 is 2.57 bits per heavy atom. The molecule has 2 N–H and O–H groups in total. The van der Waals surface area contributed by atoms with Crippen molar-refractivity contribution < 1.29 is 27.8 Å². The molecule has 1 aromatic rings. The standard InChI is InChI=1S/C19H27F2N3O4/c1-3-8-22-17(25)12-24-9-6-14(7-10-24)23-18(26)13-4-5-15(28-19(20)21)16(11-13)27-2/h4-5,11,14,19H,3,6-10,12H2,1-2H3,(H,22,25)(H,23,26). The highest BCUT2D eigenvalue weighted by atomic mass is 19.3. The SMILES string of the molecule is CCCNC(=O)CN1CCC(NC(=O)c2ccc(OC(F)F)c(OC)c2)CC1. The van der Waals surface area contributed by atoms with Crippen LogP contribution in [0.1, 0.15) is 36.5 Å². The van der Waals surface area contributed by atoms with Crippen molar-refractivity contribution in [2.24, 2.45) is 0 Å². The Morgan fingerprint density at radius 2 is 1.96 bits per heavy atom. The van der Waals surface area contributed by atoms with Gasteiger partial charge in [0.1, 0.15) is 0 Å². The first-order valence-corrected chi connectivity index (χ1v) is 9.35. The number of nitrogens with zero attached hydrogens (tertiary/aromatic N) is 1. The highest BCUT2D eigenvalue weighted by Crippen LogP contribution is 2.29. The van der Waals surface area contributed by atoms with Crippen LogP contribution in [-0.4, -0.2) is 62.7 Å². The lowest BCUT2D eigenvalue weighted by molar-refractivity contribution is -0.122. The number of carbonyl (C=O) groups excluding carboxylic acids is 2. The Labute approximate surface area is 163 Å². The van der Waals surface area contributed by atoms with Crippen molar-refractivity contribution in [1.29, 1.82) is 0 Å². The average molecular weight is 399 g/mol. The Hall–Kier alpha value is -2.42. The second kappa shape index (κ2) is 10.8. The van der Waals surface area contributed by atoms with Crippen LogP contribution in [0.15, 0.2) is 18.2 Å². The molecule has 0 radical (unpaired) electrons. The minimum Gasteiger partial charge on any atom is -0.493 e. The molecule has 0 aromatic heterocycles. The number of amides is 2. The Balaban J connectivity index is 1.84. The molecule has 0 unspecified atom stereocenters. The summed E-state index contributed by atoms with van der Waals surface area (Å²) in [5, 5.41) is 5.80. The Kier molecular flexibility index (Phi) is 8.43. The van der Waals surface area contributed by atoms with E-state index in [0.717, 1.165) is 32.4 Å². The van der Waals surface area contributed by atoms with Crippen LogP contribution in [-0.2, 0) is 4.79 Å². The van der Waals surface area contributed by atoms with Crippen molar-refractivity contribution in [3.05, 3.63) is 23.8 Å². The van der Waals surface area contributed by atoms with Gasteiger partial charge in [0.05, 0.1) is 13.7 Å². The van der Waals surface area contributed by atoms with Gasteiger partial charge < -0.3 is 20.1 Å². The summed E-state index contributed by atoms with van der Waals surface area (Å²) in [6.45, 7) is 1.51. The van der Waals surface area contributed by atoms with Crippen LogP contribution in [0.4, 0.5) is 8.78 Å². The molecule has 1 aliphatic heterocycles. The molecule has 0 saturated carbocycles. The van der Waals surface area contributed by atoms with Gasteiger partial charge in [0, 0.05) is 31.2 Å². The highest BCUT2D eigenvalue weighted by molar-refractivity contribution is 5.95. The van der Waals surface area contributed by atoms with E-state index in [1.807, 2.05) is 6.92 Å². The molecule has 1 aliphatic rings. The highest BCUT2D eigenvalue weighted by Gasteiger charge is 2.23. The lowest BCUT2D eigenvalue weighted by Crippen LogP contribution is -2.47. The smallest absolute Gasteiger partial charge is 0.387 e. The number of likely N-dealkylation sites (tertiary alicyclic amines) is 1. The number of nitrogens with one attached hydrogen (secondary N) is 2. The summed E-state index contributed by atoms with van der Waals surface area (Å²) in [5.41, 5.74) is 0.305. The first-order valence-electron chi connectivity index (χ1n) is 9.35. The molecule has 1 heterocycles. The van der Waals surface area contributed by atoms with Gasteiger partial charge in [-0.05, 0) is 37.5 Å². The van der Waals surface area contributed by atoms with Crippen LogP contribution in [0, 0.1) is 0 Å². The maximum absolute atomic E-state index is 12.5. The zero-order valence-corrected chi connectivity index (χ0v) is 16.2. The molecule has 0 atom stereocenters. The van der Waals surface area contributed by atoms with E-state index in [2.05, 4.69) is 20.3 Å². The summed E-state index contributed by atoms with van der Waals surface area (Å²) in [5.74, 6) is -0.340. The molecule has 1 aromatic carbocycles. The summed E-state index contributed by atoms with van der Waals surface area (Å²) in [6, 6.07) is 4.07. The molecule has 0 bridgehead atoms. The van der Waals surface area contributed by atoms with E-state index >= 15 is 0 Å². The molecule has 156 valence electrons. The molecule has 1 fully saturated rings. The maximum Gasteiger partial charge on any atom is 0.387 e. The molecule has 28 heavy (non-hydrogen) atoms. The van der Waals surface area contributed by atoms with Gasteiger partial charge >= 0.3 is 6.61 Å². The van der Waals surface area contributed by atoms with Gasteiger partial charge in [-0.25, -0.2) is 0 Å². The second-order valence-corrected chi connectivity index (χ2v) is 6.62. The van der Waals surface area contributed by atoms with Crippen LogP contribution in [0.3, 0.4) is 0 Å². The first-order chi connectivity index (χ1) is 13.4. The molecule has 0 aliphatic carbocycles. The monoisotopic (exact) mass is 399 g/mol. The molecule has 0 spiro atoms. The van der Waals surface area contributed by atoms with Crippen molar-refractivity contribution in [1.82, 2.24) is 15.5 Å². The largest absolute Gasteiger partial charge is 0.493 e. The van der Waals surface area contributed by atoms with Crippen molar-refractivity contribution in [2.75, 3.05) is 33.3 Å². The van der Waals surface area contributed by atoms with E-state index in [1.165, 1.54) is 25.3 Å². The number of hydrogen-bond acceptors (Lipinski definition) is 5. The van der Waals surface area contributed by atoms with Crippen molar-refractivity contribution in [3.8, 4) is 11.5 Å². The molecular weight excluding hydrogens is 372 g/mol. The van der Waals surface area contributed by atoms with Crippen molar-refractivity contribution in [3.63, 3.8) is 0 Å². The maximum atomic E-state index is 12.5. The molecule has 1 saturated heterocycles. The zero-order chi connectivity index (χ0) is 20.5. The number of ether oxygens (including phenoxy) is 2. The fourth-order valence-electron chi connectivity index (χ4n) is 3.03. The summed E-state index contributed by atoms with van der Waals surface area (Å²) < 4.78 is 34.2. The average Bonchev–Trinajstić information content (AvgIpc) is 2.67. The van der Waals surface area contributed by atoms with Crippen molar-refractivity contribution in [2.45, 2.75) is 38.8 Å². The third-order valence-corrected chi connectivity index (χ3v) is 4.50. The van der Waals surface area contributed by atoms with Gasteiger partial charge in [0.25, 0.3) is 5.91 Å². The number of piperidine rings is 1. The number of methoxy groups -OCH3 is 1. The van der Waals surface area contributed by atoms with Gasteiger partial charge in [0.15, 0.2) is 11.5 Å². The molecule has 2 rings (SSSR count). The summed E-state index contributed by atoms with van der Waals surface area (Å²) in [7, 11) is 1.32. The Bertz CT molecular complexity index is 665. The van der Waals surface area contributed by atoms with Crippen LogP contribution in [0.25, 0.3) is 0 Å². The summed E-state index contributed by atoms with van der Waals surface area (Å²) in [6.07, 6.45) is 2.37. The van der Waals surface area contributed by atoms with Gasteiger partial charge in [-0.1, -0.05) is 6.92 Å². The predicted molar refractivity (Wildman–Crippen MR) is 99.9 cm³/mol. The number of benzene rings is 1. The number of rotatable bonds is 9. The third kappa shape index (κ3) is 6.63. The third-order valence-electron chi connectivity index (χ3n) is 4.50. The molecule has 9 heteroatoms. The van der Waals surface area contributed by atoms with E-state index in [-0.39, 0.29) is 29.4 Å². The van der Waals surface area contributed by atoms with E-state index < -0.39 is 6.61 Å². The lowest BCUT2D eigenvalue weighted by atomic mass is 10.0. The first kappa shape index (κ1) is 21.9. The van der Waals surface area contributed by atoms with Crippen molar-refractivity contribution >= 4 is 11.8 Å². The van der Waals surface area contributed by atoms with Gasteiger partial charge in [-0.3, -0.25) is 14.5 Å². The Morgan fingerprint density at radius 1 is 1.25 bits per heavy atom. The van der Waals surface area contributed by atoms with Gasteiger partial charge in [0.2, 0.25) is 5.91 Å². The lowest BCUT2D eigenvalue weighted by Gasteiger charge is -2.31. The number of hydrogen-bond donors (Lipinski definition) is 2.